The number of rotatable bonds is 4. The van der Waals surface area contributed by atoms with Gasteiger partial charge in [-0.1, -0.05) is 152 Å². The monoisotopic (exact) mass is 785 g/mol. The lowest BCUT2D eigenvalue weighted by Gasteiger charge is -2.11. The third-order valence-corrected chi connectivity index (χ3v) is 12.9. The molecule has 0 saturated carbocycles. The second-order valence-electron chi connectivity index (χ2n) is 16.4. The first kappa shape index (κ1) is 34.6. The molecule has 13 rings (SSSR count). The van der Waals surface area contributed by atoms with Crippen molar-refractivity contribution in [2.45, 2.75) is 0 Å². The summed E-state index contributed by atoms with van der Waals surface area (Å²) in [5, 5.41) is 20.2. The number of nitrogens with zero attached hydrogens (tertiary/aromatic N) is 3. The highest BCUT2D eigenvalue weighted by atomic mass is 14.7. The summed E-state index contributed by atoms with van der Waals surface area (Å²) in [6, 6.07) is 72.3. The maximum Gasteiger partial charge on any atom is 0.0725 e. The van der Waals surface area contributed by atoms with Gasteiger partial charge in [0, 0.05) is 34.6 Å². The lowest BCUT2D eigenvalue weighted by Crippen LogP contribution is -1.91. The number of fused-ring (bicyclic) bond motifs is 14. The molecule has 286 valence electrons. The number of pyridine rings is 3. The zero-order chi connectivity index (χ0) is 40.7. The zero-order valence-corrected chi connectivity index (χ0v) is 33.5. The summed E-state index contributed by atoms with van der Waals surface area (Å²) in [4.78, 5) is 15.0. The summed E-state index contributed by atoms with van der Waals surface area (Å²) >= 11 is 0. The Morgan fingerprint density at radius 1 is 0.210 bits per heavy atom. The van der Waals surface area contributed by atoms with Gasteiger partial charge in [0.25, 0.3) is 0 Å². The van der Waals surface area contributed by atoms with Crippen molar-refractivity contribution < 1.29 is 0 Å². The molecule has 0 atom stereocenters. The van der Waals surface area contributed by atoms with Crippen molar-refractivity contribution in [1.82, 2.24) is 15.0 Å². The van der Waals surface area contributed by atoms with Gasteiger partial charge in [-0.25, -0.2) is 4.98 Å². The smallest absolute Gasteiger partial charge is 0.0725 e. The molecule has 0 fully saturated rings. The molecule has 0 aliphatic rings. The first-order valence-corrected chi connectivity index (χ1v) is 21.1. The van der Waals surface area contributed by atoms with E-state index in [-0.39, 0.29) is 0 Å². The van der Waals surface area contributed by atoms with Crippen LogP contribution in [0.25, 0.3) is 131 Å². The minimum atomic E-state index is 0.872. The summed E-state index contributed by atoms with van der Waals surface area (Å²) in [6.07, 6.45) is 3.87. The maximum absolute atomic E-state index is 5.08. The van der Waals surface area contributed by atoms with Crippen molar-refractivity contribution >= 4 is 86.2 Å². The van der Waals surface area contributed by atoms with Crippen molar-refractivity contribution in [2.75, 3.05) is 0 Å². The van der Waals surface area contributed by atoms with Gasteiger partial charge in [0.1, 0.15) is 0 Å². The summed E-state index contributed by atoms with van der Waals surface area (Å²) in [5.74, 6) is 0. The standard InChI is InChI=1S/C59H35N3/c1-3-8-44-36(6-1)16-22-48-46(44)26-28-52-50(48)24-18-38-12-14-40(32-54(38)52)56-30-20-42(34-60-56)58-10-5-11-59(62-58)43-21-31-57(61-35-43)41-15-13-39-19-25-51-49-23-17-37-7-2-4-9-45(37)47(49)27-29-53(51)55(39)33-41/h1-35H. The van der Waals surface area contributed by atoms with Crippen LogP contribution in [0.2, 0.25) is 0 Å². The highest BCUT2D eigenvalue weighted by Crippen LogP contribution is 2.38. The van der Waals surface area contributed by atoms with Gasteiger partial charge in [-0.3, -0.25) is 9.97 Å². The van der Waals surface area contributed by atoms with Crippen molar-refractivity contribution in [3.63, 3.8) is 0 Å². The molecule has 0 unspecified atom stereocenters. The lowest BCUT2D eigenvalue weighted by molar-refractivity contribution is 1.26. The molecule has 0 amide bonds. The van der Waals surface area contributed by atoms with Crippen LogP contribution in [0.3, 0.4) is 0 Å². The third-order valence-electron chi connectivity index (χ3n) is 12.9. The third kappa shape index (κ3) is 5.49. The van der Waals surface area contributed by atoms with Crippen LogP contribution in [0.1, 0.15) is 0 Å². The molecule has 62 heavy (non-hydrogen) atoms. The molecule has 0 aliphatic heterocycles. The lowest BCUT2D eigenvalue weighted by atomic mass is 9.93. The van der Waals surface area contributed by atoms with Crippen LogP contribution >= 0.6 is 0 Å². The average Bonchev–Trinajstić information content (AvgIpc) is 3.35. The molecular weight excluding hydrogens is 751 g/mol. The van der Waals surface area contributed by atoms with Crippen LogP contribution in [0.5, 0.6) is 0 Å². The van der Waals surface area contributed by atoms with Crippen LogP contribution in [-0.2, 0) is 0 Å². The predicted octanol–water partition coefficient (Wildman–Crippen LogP) is 15.8. The maximum atomic E-state index is 5.08. The Bertz CT molecular complexity index is 3710. The Morgan fingerprint density at radius 3 is 0.968 bits per heavy atom. The minimum absolute atomic E-state index is 0.872. The van der Waals surface area contributed by atoms with Gasteiger partial charge in [-0.05, 0) is 135 Å². The second kappa shape index (κ2) is 13.6. The minimum Gasteiger partial charge on any atom is -0.256 e. The van der Waals surface area contributed by atoms with Gasteiger partial charge in [-0.2, -0.15) is 0 Å². The van der Waals surface area contributed by atoms with E-state index in [1.807, 2.05) is 24.5 Å². The number of aromatic nitrogens is 3. The van der Waals surface area contributed by atoms with E-state index >= 15 is 0 Å². The average molecular weight is 786 g/mol. The molecule has 0 aliphatic carbocycles. The van der Waals surface area contributed by atoms with E-state index in [4.69, 9.17) is 15.0 Å². The summed E-state index contributed by atoms with van der Waals surface area (Å²) in [6.45, 7) is 0. The molecule has 0 saturated heterocycles. The molecule has 3 heteroatoms. The Balaban J connectivity index is 0.792. The van der Waals surface area contributed by atoms with E-state index in [1.165, 1.54) is 86.2 Å². The Hall–Kier alpha value is -8.27. The van der Waals surface area contributed by atoms with E-state index in [1.54, 1.807) is 0 Å². The fraction of sp³-hybridized carbons (Fsp3) is 0. The zero-order valence-electron chi connectivity index (χ0n) is 33.5. The fourth-order valence-electron chi connectivity index (χ4n) is 9.78. The first-order valence-electron chi connectivity index (χ1n) is 21.1. The Labute approximate surface area is 357 Å². The fourth-order valence-corrected chi connectivity index (χ4v) is 9.78. The topological polar surface area (TPSA) is 38.7 Å². The van der Waals surface area contributed by atoms with E-state index < -0.39 is 0 Å². The molecule has 3 aromatic heterocycles. The van der Waals surface area contributed by atoms with Gasteiger partial charge in [-0.15, -0.1) is 0 Å². The van der Waals surface area contributed by atoms with Crippen LogP contribution in [0.15, 0.2) is 213 Å². The van der Waals surface area contributed by atoms with E-state index in [9.17, 15) is 0 Å². The van der Waals surface area contributed by atoms with E-state index in [0.717, 1.165) is 45.0 Å². The van der Waals surface area contributed by atoms with E-state index in [2.05, 4.69) is 188 Å². The molecule has 3 nitrogen and oxygen atoms in total. The van der Waals surface area contributed by atoms with Crippen molar-refractivity contribution in [2.24, 2.45) is 0 Å². The van der Waals surface area contributed by atoms with E-state index in [0.29, 0.717) is 0 Å². The molecule has 0 N–H and O–H groups in total. The van der Waals surface area contributed by atoms with Crippen LogP contribution in [-0.4, -0.2) is 15.0 Å². The molecule has 10 aromatic carbocycles. The second-order valence-corrected chi connectivity index (χ2v) is 16.4. The van der Waals surface area contributed by atoms with Crippen molar-refractivity contribution in [1.29, 1.82) is 0 Å². The predicted molar refractivity (Wildman–Crippen MR) is 262 cm³/mol. The number of benzene rings is 10. The van der Waals surface area contributed by atoms with Crippen LogP contribution in [0.4, 0.5) is 0 Å². The highest BCUT2D eigenvalue weighted by Gasteiger charge is 2.13. The van der Waals surface area contributed by atoms with Gasteiger partial charge < -0.3 is 0 Å². The highest BCUT2D eigenvalue weighted by molar-refractivity contribution is 6.23. The first-order chi connectivity index (χ1) is 30.7. The van der Waals surface area contributed by atoms with Gasteiger partial charge in [0.15, 0.2) is 0 Å². The number of hydrogen-bond acceptors (Lipinski definition) is 3. The van der Waals surface area contributed by atoms with Crippen LogP contribution < -0.4 is 0 Å². The summed E-state index contributed by atoms with van der Waals surface area (Å²) < 4.78 is 0. The van der Waals surface area contributed by atoms with Crippen molar-refractivity contribution in [3.8, 4) is 45.0 Å². The molecule has 0 spiro atoms. The molecule has 3 heterocycles. The van der Waals surface area contributed by atoms with Crippen LogP contribution in [0, 0.1) is 0 Å². The van der Waals surface area contributed by atoms with Gasteiger partial charge in [0.05, 0.1) is 22.8 Å². The molecule has 13 aromatic rings. The Morgan fingerprint density at radius 2 is 0.548 bits per heavy atom. The summed E-state index contributed by atoms with van der Waals surface area (Å²) in [5.41, 5.74) is 7.71. The molecule has 0 radical (unpaired) electrons. The number of hydrogen-bond donors (Lipinski definition) is 0. The largest absolute Gasteiger partial charge is 0.256 e. The van der Waals surface area contributed by atoms with Gasteiger partial charge in [0.2, 0.25) is 0 Å². The van der Waals surface area contributed by atoms with Gasteiger partial charge >= 0.3 is 0 Å². The molecule has 0 bridgehead atoms. The Kier molecular flexibility index (Phi) is 7.60. The SMILES string of the molecule is c1cc(-c2ccc(-c3ccc4ccc5c(ccc6c7ccccc7ccc65)c4c3)nc2)nc(-c2ccc(-c3ccc4ccc5c(ccc6c7ccccc7ccc65)c4c3)nc2)c1. The normalized spacial score (nSPS) is 11.9. The summed E-state index contributed by atoms with van der Waals surface area (Å²) in [7, 11) is 0. The quantitative estimate of drug-likeness (QED) is 0.167. The molecular formula is C59H35N3. The van der Waals surface area contributed by atoms with Crippen molar-refractivity contribution in [3.05, 3.63) is 213 Å².